The van der Waals surface area contributed by atoms with E-state index in [1.54, 1.807) is 0 Å². The largest absolute Gasteiger partial charge is 2.00 e. The molecule has 0 spiro atoms. The Morgan fingerprint density at radius 2 is 1.38 bits per heavy atom. The average Bonchev–Trinajstić information content (AvgIpc) is 2.08. The zero-order valence-corrected chi connectivity index (χ0v) is 10.1. The Morgan fingerprint density at radius 3 is 1.69 bits per heavy atom. The number of hydrogen-bond acceptors (Lipinski definition) is 3. The van der Waals surface area contributed by atoms with Gasteiger partial charge in [-0.05, 0) is 6.92 Å². The molecule has 1 fully saturated rings. The number of imide groups is 2. The van der Waals surface area contributed by atoms with E-state index in [4.69, 9.17) is 0 Å². The monoisotopic (exact) mass is 212 g/mol. The first-order chi connectivity index (χ1) is 5.46. The standard InChI is InChI=1S/C7H10N2O3.Ca.2H/c1-4-5(10)8(2)7(12)9(3)6(4)11;;;/h4H,1-3H3;;;/q;+2;2*-1. The average molecular weight is 212 g/mol. The second kappa shape index (κ2) is 4.39. The van der Waals surface area contributed by atoms with Crippen LogP contribution in [0.3, 0.4) is 0 Å². The van der Waals surface area contributed by atoms with Crippen molar-refractivity contribution in [2.24, 2.45) is 5.92 Å². The summed E-state index contributed by atoms with van der Waals surface area (Å²) in [6.45, 7) is 1.49. The van der Waals surface area contributed by atoms with Gasteiger partial charge in [-0.2, -0.15) is 0 Å². The van der Waals surface area contributed by atoms with E-state index in [1.165, 1.54) is 21.0 Å². The van der Waals surface area contributed by atoms with E-state index < -0.39 is 23.8 Å². The van der Waals surface area contributed by atoms with Crippen molar-refractivity contribution in [2.75, 3.05) is 14.1 Å². The molecule has 1 saturated heterocycles. The van der Waals surface area contributed by atoms with E-state index >= 15 is 0 Å². The minimum atomic E-state index is -0.738. The Balaban J connectivity index is -0.000000480. The van der Waals surface area contributed by atoms with Crippen molar-refractivity contribution in [3.05, 3.63) is 0 Å². The van der Waals surface area contributed by atoms with E-state index in [-0.39, 0.29) is 40.6 Å². The normalized spacial score (nSPS) is 19.2. The molecule has 1 aliphatic heterocycles. The summed E-state index contributed by atoms with van der Waals surface area (Å²) in [5.41, 5.74) is 0. The third-order valence-electron chi connectivity index (χ3n) is 1.98. The van der Waals surface area contributed by atoms with Crippen LogP contribution in [0, 0.1) is 5.92 Å². The fourth-order valence-electron chi connectivity index (χ4n) is 1.10. The number of nitrogens with zero attached hydrogens (tertiary/aromatic N) is 2. The van der Waals surface area contributed by atoms with Gasteiger partial charge in [-0.25, -0.2) is 4.79 Å². The third kappa shape index (κ3) is 2.03. The van der Waals surface area contributed by atoms with Crippen molar-refractivity contribution in [3.8, 4) is 0 Å². The van der Waals surface area contributed by atoms with Crippen LogP contribution in [-0.2, 0) is 9.59 Å². The van der Waals surface area contributed by atoms with Gasteiger partial charge in [0.15, 0.2) is 0 Å². The van der Waals surface area contributed by atoms with E-state index in [0.29, 0.717) is 0 Å². The third-order valence-corrected chi connectivity index (χ3v) is 1.98. The molecule has 13 heavy (non-hydrogen) atoms. The maximum atomic E-state index is 11.1. The van der Waals surface area contributed by atoms with Gasteiger partial charge in [0.25, 0.3) is 0 Å². The van der Waals surface area contributed by atoms with Crippen molar-refractivity contribution in [2.45, 2.75) is 6.92 Å². The summed E-state index contributed by atoms with van der Waals surface area (Å²) in [6, 6.07) is -0.567. The van der Waals surface area contributed by atoms with Crippen molar-refractivity contribution >= 4 is 55.6 Å². The summed E-state index contributed by atoms with van der Waals surface area (Å²) in [6.07, 6.45) is 0. The molecule has 0 aromatic heterocycles. The molecule has 4 amide bonds. The molecule has 1 heterocycles. The van der Waals surface area contributed by atoms with Gasteiger partial charge >= 0.3 is 43.8 Å². The molecule has 0 aromatic rings. The predicted molar refractivity (Wildman–Crippen MR) is 48.1 cm³/mol. The van der Waals surface area contributed by atoms with Crippen molar-refractivity contribution in [1.29, 1.82) is 0 Å². The predicted octanol–water partition coefficient (Wildman–Crippen LogP) is -0.483. The van der Waals surface area contributed by atoms with Crippen LogP contribution in [0.5, 0.6) is 0 Å². The number of carbonyl (C=O) groups excluding carboxylic acids is 3. The van der Waals surface area contributed by atoms with E-state index in [1.807, 2.05) is 0 Å². The first kappa shape index (κ1) is 12.9. The summed E-state index contributed by atoms with van der Waals surface area (Å²) in [5, 5.41) is 0. The Labute approximate surface area is 109 Å². The van der Waals surface area contributed by atoms with Crippen LogP contribution in [0.15, 0.2) is 0 Å². The number of urea groups is 1. The van der Waals surface area contributed by atoms with Gasteiger partial charge in [-0.3, -0.25) is 19.4 Å². The summed E-state index contributed by atoms with van der Waals surface area (Å²) in [5.74, 6) is -1.62. The molecule has 6 heteroatoms. The van der Waals surface area contributed by atoms with Gasteiger partial charge < -0.3 is 2.85 Å². The molecule has 0 N–H and O–H groups in total. The SMILES string of the molecule is CC1C(=O)N(C)C(=O)N(C)C1=O.[Ca+2].[H-].[H-]. The van der Waals surface area contributed by atoms with Gasteiger partial charge in [0, 0.05) is 14.1 Å². The molecule has 70 valence electrons. The summed E-state index contributed by atoms with van der Waals surface area (Å²) in [4.78, 5) is 35.3. The van der Waals surface area contributed by atoms with E-state index in [2.05, 4.69) is 0 Å². The minimum absolute atomic E-state index is 0. The van der Waals surface area contributed by atoms with Crippen LogP contribution >= 0.6 is 0 Å². The molecule has 0 radical (unpaired) electrons. The Morgan fingerprint density at radius 1 is 1.08 bits per heavy atom. The molecule has 0 aliphatic carbocycles. The van der Waals surface area contributed by atoms with Crippen molar-refractivity contribution < 1.29 is 17.2 Å². The molecule has 0 unspecified atom stereocenters. The van der Waals surface area contributed by atoms with Crippen LogP contribution in [-0.4, -0.2) is 79.5 Å². The molecule has 1 rings (SSSR count). The number of rotatable bonds is 0. The Bertz CT molecular complexity index is 214. The summed E-state index contributed by atoms with van der Waals surface area (Å²) >= 11 is 0. The summed E-state index contributed by atoms with van der Waals surface area (Å²) < 4.78 is 0. The molecule has 0 saturated carbocycles. The molecule has 0 aromatic carbocycles. The molecular formula is C7H12CaN2O3. The van der Waals surface area contributed by atoms with Crippen LogP contribution in [0.25, 0.3) is 0 Å². The number of hydrogen-bond donors (Lipinski definition) is 0. The molecule has 0 bridgehead atoms. The molecule has 0 atom stereocenters. The maximum absolute atomic E-state index is 11.1. The van der Waals surface area contributed by atoms with Crippen molar-refractivity contribution in [3.63, 3.8) is 0 Å². The van der Waals surface area contributed by atoms with Crippen LogP contribution in [0.1, 0.15) is 9.78 Å². The van der Waals surface area contributed by atoms with Crippen molar-refractivity contribution in [1.82, 2.24) is 9.80 Å². The Kier molecular flexibility index (Phi) is 4.35. The summed E-state index contributed by atoms with van der Waals surface area (Å²) in [7, 11) is 2.73. The topological polar surface area (TPSA) is 57.7 Å². The second-order valence-corrected chi connectivity index (χ2v) is 2.80. The first-order valence-electron chi connectivity index (χ1n) is 3.56. The van der Waals surface area contributed by atoms with E-state index in [9.17, 15) is 14.4 Å². The van der Waals surface area contributed by atoms with Gasteiger partial charge in [-0.15, -0.1) is 0 Å². The fraction of sp³-hybridized carbons (Fsp3) is 0.571. The van der Waals surface area contributed by atoms with Gasteiger partial charge in [-0.1, -0.05) is 0 Å². The van der Waals surface area contributed by atoms with Crippen LogP contribution < -0.4 is 0 Å². The molecule has 5 nitrogen and oxygen atoms in total. The molecule has 1 aliphatic rings. The zero-order valence-electron chi connectivity index (χ0n) is 9.90. The van der Waals surface area contributed by atoms with Gasteiger partial charge in [0.05, 0.1) is 0 Å². The van der Waals surface area contributed by atoms with E-state index in [0.717, 1.165) is 9.80 Å². The minimum Gasteiger partial charge on any atom is -1.00 e. The van der Waals surface area contributed by atoms with Gasteiger partial charge in [0.2, 0.25) is 11.8 Å². The number of amides is 4. The Hall–Kier alpha value is -0.130. The smallest absolute Gasteiger partial charge is 1.00 e. The van der Waals surface area contributed by atoms with Crippen LogP contribution in [0.2, 0.25) is 0 Å². The van der Waals surface area contributed by atoms with Gasteiger partial charge in [0.1, 0.15) is 5.92 Å². The second-order valence-electron chi connectivity index (χ2n) is 2.80. The maximum Gasteiger partial charge on any atom is 2.00 e. The fourth-order valence-corrected chi connectivity index (χ4v) is 1.10. The number of barbiturate groups is 1. The first-order valence-corrected chi connectivity index (χ1v) is 3.56. The quantitative estimate of drug-likeness (QED) is 0.402. The molecular weight excluding hydrogens is 200 g/mol. The zero-order chi connectivity index (χ0) is 9.46. The number of carbonyl (C=O) groups is 3. The van der Waals surface area contributed by atoms with Crippen LogP contribution in [0.4, 0.5) is 4.79 Å².